The highest BCUT2D eigenvalue weighted by atomic mass is 16.3. The Morgan fingerprint density at radius 2 is 1.90 bits per heavy atom. The van der Waals surface area contributed by atoms with Gasteiger partial charge in [-0.1, -0.05) is 0 Å². The van der Waals surface area contributed by atoms with Gasteiger partial charge in [0.2, 0.25) is 0 Å². The van der Waals surface area contributed by atoms with Crippen molar-refractivity contribution in [1.82, 2.24) is 20.1 Å². The second kappa shape index (κ2) is 6.83. The molecule has 3 rings (SSSR count). The number of nitrogens with one attached hydrogen (secondary N) is 1. The molecule has 2 aliphatic rings. The molecule has 1 aromatic rings. The van der Waals surface area contributed by atoms with Crippen molar-refractivity contribution in [1.29, 1.82) is 0 Å². The van der Waals surface area contributed by atoms with Gasteiger partial charge in [0, 0.05) is 45.1 Å². The fraction of sp³-hybridized carbons (Fsp3) is 0.688. The molecule has 5 nitrogen and oxygen atoms in total. The van der Waals surface area contributed by atoms with E-state index in [1.807, 2.05) is 12.4 Å². The minimum Gasteiger partial charge on any atom is -0.387 e. The Morgan fingerprint density at radius 3 is 2.67 bits per heavy atom. The van der Waals surface area contributed by atoms with E-state index in [1.165, 1.54) is 12.0 Å². The summed E-state index contributed by atoms with van der Waals surface area (Å²) in [6.07, 6.45) is 5.78. The molecular formula is C16H26N4O. The van der Waals surface area contributed by atoms with E-state index in [-0.39, 0.29) is 0 Å². The lowest BCUT2D eigenvalue weighted by molar-refractivity contribution is 0.0219. The molecule has 21 heavy (non-hydrogen) atoms. The van der Waals surface area contributed by atoms with Crippen LogP contribution in [0, 0.1) is 0 Å². The van der Waals surface area contributed by atoms with Crippen LogP contribution in [-0.4, -0.2) is 71.3 Å². The average molecular weight is 290 g/mol. The Kier molecular flexibility index (Phi) is 4.85. The summed E-state index contributed by atoms with van der Waals surface area (Å²) in [6.45, 7) is 7.85. The van der Waals surface area contributed by atoms with Gasteiger partial charge in [0.15, 0.2) is 0 Å². The van der Waals surface area contributed by atoms with Gasteiger partial charge in [-0.3, -0.25) is 14.8 Å². The third-order valence-corrected chi connectivity index (χ3v) is 4.58. The number of aliphatic hydroxyl groups is 1. The molecule has 1 atom stereocenters. The molecule has 2 saturated heterocycles. The zero-order valence-electron chi connectivity index (χ0n) is 12.7. The van der Waals surface area contributed by atoms with Gasteiger partial charge in [-0.15, -0.1) is 0 Å². The highest BCUT2D eigenvalue weighted by Gasteiger charge is 2.33. The topological polar surface area (TPSA) is 51.6 Å². The van der Waals surface area contributed by atoms with Crippen molar-refractivity contribution in [3.8, 4) is 0 Å². The smallest absolute Gasteiger partial charge is 0.0909 e. The monoisotopic (exact) mass is 290 g/mol. The molecule has 3 heterocycles. The van der Waals surface area contributed by atoms with Crippen molar-refractivity contribution in [2.24, 2.45) is 0 Å². The van der Waals surface area contributed by atoms with Gasteiger partial charge in [-0.2, -0.15) is 0 Å². The standard InChI is InChI=1S/C16H26N4O/c21-16(4-7-18-13-16)14-20-9-1-8-19(10-11-20)12-15-2-5-17-6-3-15/h2-3,5-6,18,21H,1,4,7-14H2. The molecule has 2 N–H and O–H groups in total. The van der Waals surface area contributed by atoms with Crippen molar-refractivity contribution in [2.75, 3.05) is 45.8 Å². The van der Waals surface area contributed by atoms with E-state index >= 15 is 0 Å². The van der Waals surface area contributed by atoms with Crippen LogP contribution < -0.4 is 5.32 Å². The van der Waals surface area contributed by atoms with Crippen molar-refractivity contribution in [3.63, 3.8) is 0 Å². The first-order valence-corrected chi connectivity index (χ1v) is 8.00. The second-order valence-electron chi connectivity index (χ2n) is 6.41. The number of pyridine rings is 1. The summed E-state index contributed by atoms with van der Waals surface area (Å²) in [5.41, 5.74) is 0.817. The molecule has 2 aliphatic heterocycles. The van der Waals surface area contributed by atoms with E-state index in [2.05, 4.69) is 32.2 Å². The van der Waals surface area contributed by atoms with Gasteiger partial charge < -0.3 is 10.4 Å². The molecular weight excluding hydrogens is 264 g/mol. The molecule has 2 fully saturated rings. The third kappa shape index (κ3) is 4.23. The van der Waals surface area contributed by atoms with E-state index in [0.29, 0.717) is 0 Å². The van der Waals surface area contributed by atoms with E-state index in [9.17, 15) is 5.11 Å². The van der Waals surface area contributed by atoms with Crippen molar-refractivity contribution < 1.29 is 5.11 Å². The molecule has 0 amide bonds. The van der Waals surface area contributed by atoms with Crippen LogP contribution in [0.4, 0.5) is 0 Å². The van der Waals surface area contributed by atoms with Gasteiger partial charge >= 0.3 is 0 Å². The van der Waals surface area contributed by atoms with Crippen LogP contribution in [0.15, 0.2) is 24.5 Å². The van der Waals surface area contributed by atoms with Crippen LogP contribution in [0.1, 0.15) is 18.4 Å². The minimum absolute atomic E-state index is 0.514. The third-order valence-electron chi connectivity index (χ3n) is 4.58. The SMILES string of the molecule is OC1(CN2CCCN(Cc3ccncc3)CC2)CCNC1. The van der Waals surface area contributed by atoms with Crippen molar-refractivity contribution >= 4 is 0 Å². The molecule has 1 aromatic heterocycles. The van der Waals surface area contributed by atoms with Gasteiger partial charge in [0.25, 0.3) is 0 Å². The fourth-order valence-corrected chi connectivity index (χ4v) is 3.37. The summed E-state index contributed by atoms with van der Waals surface area (Å²) in [5, 5.41) is 13.8. The number of hydrogen-bond donors (Lipinski definition) is 2. The molecule has 0 saturated carbocycles. The van der Waals surface area contributed by atoms with Gasteiger partial charge in [0.1, 0.15) is 0 Å². The lowest BCUT2D eigenvalue weighted by atomic mass is 10.0. The Balaban J connectivity index is 1.50. The fourth-order valence-electron chi connectivity index (χ4n) is 3.37. The second-order valence-corrected chi connectivity index (χ2v) is 6.41. The Morgan fingerprint density at radius 1 is 1.14 bits per heavy atom. The largest absolute Gasteiger partial charge is 0.387 e. The van der Waals surface area contributed by atoms with E-state index in [4.69, 9.17) is 0 Å². The van der Waals surface area contributed by atoms with E-state index in [0.717, 1.165) is 58.8 Å². The molecule has 0 spiro atoms. The number of rotatable bonds is 4. The van der Waals surface area contributed by atoms with Gasteiger partial charge in [-0.05, 0) is 50.2 Å². The first-order valence-electron chi connectivity index (χ1n) is 8.00. The van der Waals surface area contributed by atoms with E-state index < -0.39 is 5.60 Å². The van der Waals surface area contributed by atoms with E-state index in [1.54, 1.807) is 0 Å². The maximum Gasteiger partial charge on any atom is 0.0909 e. The van der Waals surface area contributed by atoms with Gasteiger partial charge in [-0.25, -0.2) is 0 Å². The number of nitrogens with zero attached hydrogens (tertiary/aromatic N) is 3. The summed E-state index contributed by atoms with van der Waals surface area (Å²) < 4.78 is 0. The summed E-state index contributed by atoms with van der Waals surface area (Å²) in [6, 6.07) is 4.19. The molecule has 0 radical (unpaired) electrons. The first kappa shape index (κ1) is 14.9. The highest BCUT2D eigenvalue weighted by Crippen LogP contribution is 2.17. The van der Waals surface area contributed by atoms with Gasteiger partial charge in [0.05, 0.1) is 5.60 Å². The summed E-state index contributed by atoms with van der Waals surface area (Å²) >= 11 is 0. The maximum atomic E-state index is 10.5. The molecule has 0 bridgehead atoms. The van der Waals surface area contributed by atoms with Crippen LogP contribution in [0.2, 0.25) is 0 Å². The van der Waals surface area contributed by atoms with Crippen LogP contribution in [0.25, 0.3) is 0 Å². The zero-order chi connectivity index (χ0) is 14.5. The Labute approximate surface area is 127 Å². The van der Waals surface area contributed by atoms with Crippen LogP contribution in [-0.2, 0) is 6.54 Å². The summed E-state index contributed by atoms with van der Waals surface area (Å²) in [4.78, 5) is 9.01. The van der Waals surface area contributed by atoms with Crippen LogP contribution in [0.5, 0.6) is 0 Å². The summed E-state index contributed by atoms with van der Waals surface area (Å²) in [5.74, 6) is 0. The lowest BCUT2D eigenvalue weighted by Crippen LogP contribution is -2.45. The predicted molar refractivity (Wildman–Crippen MR) is 83.0 cm³/mol. The van der Waals surface area contributed by atoms with Crippen molar-refractivity contribution in [2.45, 2.75) is 25.0 Å². The first-order chi connectivity index (χ1) is 10.2. The quantitative estimate of drug-likeness (QED) is 0.836. The average Bonchev–Trinajstić information content (AvgIpc) is 2.80. The Hall–Kier alpha value is -1.01. The molecule has 116 valence electrons. The van der Waals surface area contributed by atoms with Crippen LogP contribution in [0.3, 0.4) is 0 Å². The highest BCUT2D eigenvalue weighted by molar-refractivity contribution is 5.09. The van der Waals surface area contributed by atoms with Crippen molar-refractivity contribution in [3.05, 3.63) is 30.1 Å². The maximum absolute atomic E-state index is 10.5. The molecule has 1 unspecified atom stereocenters. The Bertz CT molecular complexity index is 433. The molecule has 5 heteroatoms. The minimum atomic E-state index is -0.514. The lowest BCUT2D eigenvalue weighted by Gasteiger charge is -2.30. The number of aromatic nitrogens is 1. The normalized spacial score (nSPS) is 28.6. The molecule has 0 aliphatic carbocycles. The number of β-amino-alcohol motifs (C(OH)–C–C–N with tert-alkyl or cyclic N) is 1. The number of hydrogen-bond acceptors (Lipinski definition) is 5. The summed E-state index contributed by atoms with van der Waals surface area (Å²) in [7, 11) is 0. The van der Waals surface area contributed by atoms with Crippen LogP contribution >= 0.6 is 0 Å². The zero-order valence-corrected chi connectivity index (χ0v) is 12.7. The predicted octanol–water partition coefficient (Wildman–Crippen LogP) is 0.314. The molecule has 0 aromatic carbocycles.